The molecule has 0 radical (unpaired) electrons. The van der Waals surface area contributed by atoms with Crippen LogP contribution in [0.4, 0.5) is 17.3 Å². The number of amides is 1. The van der Waals surface area contributed by atoms with Gasteiger partial charge in [-0.3, -0.25) is 4.79 Å². The summed E-state index contributed by atoms with van der Waals surface area (Å²) in [5, 5.41) is 15.1. The SMILES string of the molecule is Cc1ccc(Nc2ncc3c(n2)-c2ccc(C#CCO)cc2NC(=O)C3)cc1C. The van der Waals surface area contributed by atoms with Gasteiger partial charge >= 0.3 is 0 Å². The predicted octanol–water partition coefficient (Wildman–Crippen LogP) is 3.34. The molecule has 0 unspecified atom stereocenters. The lowest BCUT2D eigenvalue weighted by atomic mass is 10.0. The molecular weight excluding hydrogens is 364 g/mol. The minimum atomic E-state index is -0.215. The van der Waals surface area contributed by atoms with Crippen LogP contribution in [0.3, 0.4) is 0 Å². The summed E-state index contributed by atoms with van der Waals surface area (Å²) in [6.45, 7) is 3.91. The Morgan fingerprint density at radius 3 is 2.83 bits per heavy atom. The van der Waals surface area contributed by atoms with Crippen LogP contribution in [0.15, 0.2) is 42.6 Å². The van der Waals surface area contributed by atoms with E-state index < -0.39 is 0 Å². The highest BCUT2D eigenvalue weighted by molar-refractivity contribution is 6.00. The third-order valence-corrected chi connectivity index (χ3v) is 4.84. The van der Waals surface area contributed by atoms with Gasteiger partial charge in [-0.15, -0.1) is 0 Å². The molecule has 1 aromatic heterocycles. The lowest BCUT2D eigenvalue weighted by molar-refractivity contribution is -0.115. The Bertz CT molecular complexity index is 1180. The number of carbonyl (C=O) groups is 1. The van der Waals surface area contributed by atoms with E-state index in [2.05, 4.69) is 47.4 Å². The number of carbonyl (C=O) groups excluding carboxylic acids is 1. The van der Waals surface area contributed by atoms with Crippen LogP contribution in [0, 0.1) is 25.7 Å². The summed E-state index contributed by atoms with van der Waals surface area (Å²) in [6, 6.07) is 11.6. The van der Waals surface area contributed by atoms with Crippen molar-refractivity contribution in [3.05, 3.63) is 64.8 Å². The van der Waals surface area contributed by atoms with Gasteiger partial charge in [0.05, 0.1) is 17.8 Å². The lowest BCUT2D eigenvalue weighted by Crippen LogP contribution is -2.13. The molecule has 1 amide bonds. The van der Waals surface area contributed by atoms with Crippen molar-refractivity contribution in [1.29, 1.82) is 0 Å². The first-order valence-electron chi connectivity index (χ1n) is 9.27. The van der Waals surface area contributed by atoms with Gasteiger partial charge in [-0.1, -0.05) is 17.9 Å². The number of nitrogens with one attached hydrogen (secondary N) is 2. The summed E-state index contributed by atoms with van der Waals surface area (Å²) < 4.78 is 0. The number of aliphatic hydroxyl groups is 1. The van der Waals surface area contributed by atoms with Crippen molar-refractivity contribution in [2.45, 2.75) is 20.3 Å². The number of hydrogen-bond acceptors (Lipinski definition) is 5. The van der Waals surface area contributed by atoms with E-state index in [1.165, 1.54) is 11.1 Å². The normalized spacial score (nSPS) is 12.0. The van der Waals surface area contributed by atoms with Crippen molar-refractivity contribution in [3.63, 3.8) is 0 Å². The maximum Gasteiger partial charge on any atom is 0.228 e. The minimum Gasteiger partial charge on any atom is -0.384 e. The zero-order valence-corrected chi connectivity index (χ0v) is 16.2. The van der Waals surface area contributed by atoms with E-state index in [0.717, 1.165) is 16.8 Å². The molecule has 2 heterocycles. The maximum absolute atomic E-state index is 12.3. The van der Waals surface area contributed by atoms with E-state index in [9.17, 15) is 4.79 Å². The Labute approximate surface area is 169 Å². The summed E-state index contributed by atoms with van der Waals surface area (Å²) in [7, 11) is 0. The molecule has 3 N–H and O–H groups in total. The van der Waals surface area contributed by atoms with Crippen LogP contribution in [0.1, 0.15) is 22.3 Å². The van der Waals surface area contributed by atoms with Crippen molar-refractivity contribution in [2.75, 3.05) is 17.2 Å². The van der Waals surface area contributed by atoms with Crippen molar-refractivity contribution < 1.29 is 9.90 Å². The van der Waals surface area contributed by atoms with Crippen molar-refractivity contribution in [1.82, 2.24) is 9.97 Å². The molecule has 0 fully saturated rings. The van der Waals surface area contributed by atoms with Gasteiger partial charge in [-0.2, -0.15) is 0 Å². The van der Waals surface area contributed by atoms with Crippen molar-refractivity contribution in [2.24, 2.45) is 0 Å². The maximum atomic E-state index is 12.3. The molecule has 1 aliphatic rings. The van der Waals surface area contributed by atoms with Gasteiger partial charge in [0.1, 0.15) is 6.61 Å². The molecule has 6 nitrogen and oxygen atoms in total. The molecule has 4 rings (SSSR count). The fourth-order valence-corrected chi connectivity index (χ4v) is 3.22. The molecule has 144 valence electrons. The van der Waals surface area contributed by atoms with Crippen LogP contribution < -0.4 is 10.6 Å². The predicted molar refractivity (Wildman–Crippen MR) is 113 cm³/mol. The third kappa shape index (κ3) is 3.96. The number of aliphatic hydroxyl groups excluding tert-OH is 1. The second-order valence-corrected chi connectivity index (χ2v) is 6.94. The van der Waals surface area contributed by atoms with E-state index in [0.29, 0.717) is 22.9 Å². The lowest BCUT2D eigenvalue weighted by Gasteiger charge is -2.11. The molecule has 29 heavy (non-hydrogen) atoms. The van der Waals surface area contributed by atoms with Crippen LogP contribution in [-0.2, 0) is 11.2 Å². The van der Waals surface area contributed by atoms with Gasteiger partial charge < -0.3 is 15.7 Å². The fourth-order valence-electron chi connectivity index (χ4n) is 3.22. The van der Waals surface area contributed by atoms with E-state index in [-0.39, 0.29) is 18.9 Å². The molecule has 0 saturated carbocycles. The smallest absolute Gasteiger partial charge is 0.228 e. The molecule has 3 aromatic rings. The molecule has 6 heteroatoms. The molecule has 1 aliphatic heterocycles. The summed E-state index contributed by atoms with van der Waals surface area (Å²) in [4.78, 5) is 21.4. The summed E-state index contributed by atoms with van der Waals surface area (Å²) in [6.07, 6.45) is 1.89. The molecule has 0 bridgehead atoms. The van der Waals surface area contributed by atoms with Crippen LogP contribution in [-0.4, -0.2) is 27.6 Å². The quantitative estimate of drug-likeness (QED) is 0.590. The molecular formula is C23H20N4O2. The van der Waals surface area contributed by atoms with Crippen LogP contribution in [0.5, 0.6) is 0 Å². The van der Waals surface area contributed by atoms with E-state index >= 15 is 0 Å². The minimum absolute atomic E-state index is 0.129. The molecule has 0 atom stereocenters. The number of nitrogens with zero attached hydrogens (tertiary/aromatic N) is 2. The highest BCUT2D eigenvalue weighted by Crippen LogP contribution is 2.33. The average molecular weight is 384 g/mol. The van der Waals surface area contributed by atoms with Gasteiger partial charge in [-0.05, 0) is 55.3 Å². The van der Waals surface area contributed by atoms with E-state index in [1.807, 2.05) is 24.3 Å². The molecule has 0 saturated heterocycles. The standard InChI is InChI=1S/C23H20N4O2/c1-14-5-7-18(10-15(14)2)25-23-24-13-17-12-21(29)26-20-11-16(4-3-9-28)6-8-19(20)22(17)27-23/h5-8,10-11,13,28H,9,12H2,1-2H3,(H,26,29)(H,24,25,27). The van der Waals surface area contributed by atoms with Gasteiger partial charge in [0.25, 0.3) is 0 Å². The Morgan fingerprint density at radius 1 is 1.17 bits per heavy atom. The fraction of sp³-hybridized carbons (Fsp3) is 0.174. The van der Waals surface area contributed by atoms with E-state index in [1.54, 1.807) is 12.3 Å². The number of aromatic nitrogens is 2. The van der Waals surface area contributed by atoms with Crippen molar-refractivity contribution in [3.8, 4) is 23.1 Å². The van der Waals surface area contributed by atoms with Crippen LogP contribution in [0.25, 0.3) is 11.3 Å². The number of anilines is 3. The zero-order valence-electron chi connectivity index (χ0n) is 16.2. The van der Waals surface area contributed by atoms with Crippen molar-refractivity contribution >= 4 is 23.2 Å². The molecule has 0 spiro atoms. The van der Waals surface area contributed by atoms with Gasteiger partial charge in [0, 0.05) is 28.6 Å². The third-order valence-electron chi connectivity index (χ3n) is 4.84. The first kappa shape index (κ1) is 18.7. The van der Waals surface area contributed by atoms with Crippen LogP contribution >= 0.6 is 0 Å². The summed E-state index contributed by atoms with van der Waals surface area (Å²) >= 11 is 0. The Morgan fingerprint density at radius 2 is 2.03 bits per heavy atom. The van der Waals surface area contributed by atoms with Gasteiger partial charge in [0.2, 0.25) is 11.9 Å². The van der Waals surface area contributed by atoms with Crippen LogP contribution in [0.2, 0.25) is 0 Å². The monoisotopic (exact) mass is 384 g/mol. The highest BCUT2D eigenvalue weighted by atomic mass is 16.2. The van der Waals surface area contributed by atoms with E-state index in [4.69, 9.17) is 10.1 Å². The Kier molecular flexibility index (Phi) is 4.98. The summed E-state index contributed by atoms with van der Waals surface area (Å²) in [5.74, 6) is 5.82. The number of rotatable bonds is 2. The average Bonchev–Trinajstić information content (AvgIpc) is 2.84. The van der Waals surface area contributed by atoms with Gasteiger partial charge in [-0.25, -0.2) is 9.97 Å². The number of benzene rings is 2. The van der Waals surface area contributed by atoms with Gasteiger partial charge in [0.15, 0.2) is 0 Å². The zero-order chi connectivity index (χ0) is 20.4. The first-order chi connectivity index (χ1) is 14.0. The Balaban J connectivity index is 1.75. The second-order valence-electron chi connectivity index (χ2n) is 6.94. The number of aryl methyl sites for hydroxylation is 2. The highest BCUT2D eigenvalue weighted by Gasteiger charge is 2.21. The summed E-state index contributed by atoms with van der Waals surface area (Å²) in [5.41, 5.74) is 6.95. The topological polar surface area (TPSA) is 87.1 Å². The first-order valence-corrected chi connectivity index (χ1v) is 9.27. The number of fused-ring (bicyclic) bond motifs is 3. The molecule has 0 aliphatic carbocycles. The Hall–Kier alpha value is -3.69. The largest absolute Gasteiger partial charge is 0.384 e. The molecule has 2 aromatic carbocycles. The number of hydrogen-bond donors (Lipinski definition) is 3. The second kappa shape index (κ2) is 7.74.